The van der Waals surface area contributed by atoms with Crippen molar-refractivity contribution in [2.24, 2.45) is 0 Å². The minimum absolute atomic E-state index is 0.724. The van der Waals surface area contributed by atoms with Crippen LogP contribution in [0.5, 0.6) is 5.75 Å². The molecule has 4 rings (SSSR count). The minimum Gasteiger partial charge on any atom is -0.496 e. The fourth-order valence-electron chi connectivity index (χ4n) is 3.89. The summed E-state index contributed by atoms with van der Waals surface area (Å²) in [6.07, 6.45) is 2.38. The number of benzene rings is 1. The van der Waals surface area contributed by atoms with Gasteiger partial charge in [-0.1, -0.05) is 12.1 Å². The second-order valence-corrected chi connectivity index (χ2v) is 7.86. The molecule has 3 heterocycles. The van der Waals surface area contributed by atoms with Crippen LogP contribution in [-0.2, 0) is 11.3 Å². The van der Waals surface area contributed by atoms with Gasteiger partial charge in [0.05, 0.1) is 18.4 Å². The van der Waals surface area contributed by atoms with Crippen molar-refractivity contribution in [3.05, 3.63) is 35.3 Å². The Morgan fingerprint density at radius 2 is 1.92 bits per heavy atom. The SMILES string of the molecule is COc1ccccc1-c1nc(CN2CCN(C3CCOCC3)CC2)cs1. The first kappa shape index (κ1) is 17.9. The molecule has 1 aromatic carbocycles. The summed E-state index contributed by atoms with van der Waals surface area (Å²) in [5.41, 5.74) is 2.24. The molecule has 0 saturated carbocycles. The van der Waals surface area contributed by atoms with Gasteiger partial charge in [-0.3, -0.25) is 9.80 Å². The summed E-state index contributed by atoms with van der Waals surface area (Å²) in [5, 5.41) is 3.23. The lowest BCUT2D eigenvalue weighted by atomic mass is 10.1. The van der Waals surface area contributed by atoms with E-state index in [0.29, 0.717) is 0 Å². The average Bonchev–Trinajstić information content (AvgIpc) is 3.17. The van der Waals surface area contributed by atoms with E-state index in [2.05, 4.69) is 21.2 Å². The van der Waals surface area contributed by atoms with E-state index in [0.717, 1.165) is 74.0 Å². The number of piperazine rings is 1. The number of nitrogens with zero attached hydrogens (tertiary/aromatic N) is 3. The summed E-state index contributed by atoms with van der Waals surface area (Å²) in [6, 6.07) is 8.82. The van der Waals surface area contributed by atoms with Crippen LogP contribution in [0.1, 0.15) is 18.5 Å². The summed E-state index contributed by atoms with van der Waals surface area (Å²) in [5.74, 6) is 0.887. The zero-order chi connectivity index (χ0) is 17.8. The monoisotopic (exact) mass is 373 g/mol. The molecule has 0 spiro atoms. The molecule has 0 unspecified atom stereocenters. The molecular formula is C20H27N3O2S. The van der Waals surface area contributed by atoms with E-state index in [9.17, 15) is 0 Å². The lowest BCUT2D eigenvalue weighted by molar-refractivity contribution is 0.0125. The fourth-order valence-corrected chi connectivity index (χ4v) is 4.73. The van der Waals surface area contributed by atoms with Gasteiger partial charge in [0.15, 0.2) is 0 Å². The van der Waals surface area contributed by atoms with Gasteiger partial charge < -0.3 is 9.47 Å². The number of methoxy groups -OCH3 is 1. The molecule has 0 radical (unpaired) electrons. The van der Waals surface area contributed by atoms with Crippen LogP contribution >= 0.6 is 11.3 Å². The van der Waals surface area contributed by atoms with E-state index in [1.54, 1.807) is 18.4 Å². The highest BCUT2D eigenvalue weighted by Gasteiger charge is 2.25. The van der Waals surface area contributed by atoms with E-state index in [1.807, 2.05) is 18.2 Å². The molecule has 1 aromatic heterocycles. The van der Waals surface area contributed by atoms with Gasteiger partial charge >= 0.3 is 0 Å². The maximum atomic E-state index is 5.49. The number of hydrogen-bond donors (Lipinski definition) is 0. The van der Waals surface area contributed by atoms with Crippen molar-refractivity contribution in [1.82, 2.24) is 14.8 Å². The Hall–Kier alpha value is -1.47. The van der Waals surface area contributed by atoms with E-state index >= 15 is 0 Å². The molecule has 0 N–H and O–H groups in total. The zero-order valence-corrected chi connectivity index (χ0v) is 16.2. The van der Waals surface area contributed by atoms with E-state index < -0.39 is 0 Å². The third-order valence-electron chi connectivity index (χ3n) is 5.39. The highest BCUT2D eigenvalue weighted by Crippen LogP contribution is 2.32. The number of para-hydroxylation sites is 1. The summed E-state index contributed by atoms with van der Waals surface area (Å²) in [7, 11) is 1.71. The van der Waals surface area contributed by atoms with Crippen molar-refractivity contribution >= 4 is 11.3 Å². The number of rotatable bonds is 5. The Labute approximate surface area is 159 Å². The average molecular weight is 374 g/mol. The third kappa shape index (κ3) is 4.09. The van der Waals surface area contributed by atoms with Gasteiger partial charge in [0.25, 0.3) is 0 Å². The van der Waals surface area contributed by atoms with Crippen LogP contribution in [0.15, 0.2) is 29.6 Å². The first-order valence-corrected chi connectivity index (χ1v) is 10.3. The minimum atomic E-state index is 0.724. The van der Waals surface area contributed by atoms with Crippen molar-refractivity contribution in [2.75, 3.05) is 46.5 Å². The summed E-state index contributed by atoms with van der Waals surface area (Å²) in [6.45, 7) is 7.36. The first-order valence-electron chi connectivity index (χ1n) is 9.45. The number of aromatic nitrogens is 1. The van der Waals surface area contributed by atoms with Crippen molar-refractivity contribution in [3.63, 3.8) is 0 Å². The molecule has 0 atom stereocenters. The molecule has 0 bridgehead atoms. The molecule has 2 fully saturated rings. The molecule has 140 valence electrons. The first-order chi connectivity index (χ1) is 12.8. The van der Waals surface area contributed by atoms with E-state index in [1.165, 1.54) is 12.8 Å². The highest BCUT2D eigenvalue weighted by atomic mass is 32.1. The highest BCUT2D eigenvalue weighted by molar-refractivity contribution is 7.13. The van der Waals surface area contributed by atoms with Crippen LogP contribution in [0.3, 0.4) is 0 Å². The van der Waals surface area contributed by atoms with Gasteiger partial charge in [-0.05, 0) is 25.0 Å². The van der Waals surface area contributed by atoms with Gasteiger partial charge in [-0.25, -0.2) is 4.98 Å². The lowest BCUT2D eigenvalue weighted by Crippen LogP contribution is -2.51. The van der Waals surface area contributed by atoms with Crippen LogP contribution in [0.2, 0.25) is 0 Å². The zero-order valence-electron chi connectivity index (χ0n) is 15.4. The smallest absolute Gasteiger partial charge is 0.129 e. The Balaban J connectivity index is 1.34. The fraction of sp³-hybridized carbons (Fsp3) is 0.550. The summed E-state index contributed by atoms with van der Waals surface area (Å²) >= 11 is 1.70. The van der Waals surface area contributed by atoms with Crippen LogP contribution in [-0.4, -0.2) is 67.3 Å². The Morgan fingerprint density at radius 3 is 2.69 bits per heavy atom. The van der Waals surface area contributed by atoms with Gasteiger partial charge in [0, 0.05) is 57.4 Å². The Morgan fingerprint density at radius 1 is 1.15 bits per heavy atom. The molecule has 5 nitrogen and oxygen atoms in total. The van der Waals surface area contributed by atoms with Crippen molar-refractivity contribution < 1.29 is 9.47 Å². The molecule has 2 aromatic rings. The molecule has 2 saturated heterocycles. The third-order valence-corrected chi connectivity index (χ3v) is 6.31. The van der Waals surface area contributed by atoms with Crippen LogP contribution < -0.4 is 4.74 Å². The van der Waals surface area contributed by atoms with Gasteiger partial charge in [-0.2, -0.15) is 0 Å². The molecule has 26 heavy (non-hydrogen) atoms. The van der Waals surface area contributed by atoms with Gasteiger partial charge in [0.2, 0.25) is 0 Å². The Bertz CT molecular complexity index is 707. The van der Waals surface area contributed by atoms with E-state index in [-0.39, 0.29) is 0 Å². The van der Waals surface area contributed by atoms with Crippen molar-refractivity contribution in [1.29, 1.82) is 0 Å². The molecule has 0 aliphatic carbocycles. The quantitative estimate of drug-likeness (QED) is 0.805. The molecular weight excluding hydrogens is 346 g/mol. The summed E-state index contributed by atoms with van der Waals surface area (Å²) < 4.78 is 11.0. The topological polar surface area (TPSA) is 37.8 Å². The number of thiazole rings is 1. The van der Waals surface area contributed by atoms with Gasteiger partial charge in [0.1, 0.15) is 10.8 Å². The molecule has 2 aliphatic rings. The van der Waals surface area contributed by atoms with Crippen LogP contribution in [0.4, 0.5) is 0 Å². The predicted molar refractivity (Wildman–Crippen MR) is 105 cm³/mol. The summed E-state index contributed by atoms with van der Waals surface area (Å²) in [4.78, 5) is 10.0. The standard InChI is InChI=1S/C20H27N3O2S/c1-24-19-5-3-2-4-18(19)20-21-16(15-26-20)14-22-8-10-23(11-9-22)17-6-12-25-13-7-17/h2-5,15,17H,6-14H2,1H3. The van der Waals surface area contributed by atoms with Crippen molar-refractivity contribution in [2.45, 2.75) is 25.4 Å². The second-order valence-electron chi connectivity index (χ2n) is 7.00. The molecule has 2 aliphatic heterocycles. The number of ether oxygens (including phenoxy) is 2. The predicted octanol–water partition coefficient (Wildman–Crippen LogP) is 3.12. The maximum absolute atomic E-state index is 5.49. The van der Waals surface area contributed by atoms with Gasteiger partial charge in [-0.15, -0.1) is 11.3 Å². The largest absolute Gasteiger partial charge is 0.496 e. The molecule has 0 amide bonds. The number of hydrogen-bond acceptors (Lipinski definition) is 6. The Kier molecular flexibility index (Phi) is 5.84. The van der Waals surface area contributed by atoms with Crippen LogP contribution in [0.25, 0.3) is 10.6 Å². The lowest BCUT2D eigenvalue weighted by Gasteiger charge is -2.40. The normalized spacial score (nSPS) is 20.3. The molecule has 6 heteroatoms. The second kappa shape index (κ2) is 8.48. The van der Waals surface area contributed by atoms with Crippen LogP contribution in [0, 0.1) is 0 Å². The van der Waals surface area contributed by atoms with E-state index in [4.69, 9.17) is 14.5 Å². The maximum Gasteiger partial charge on any atom is 0.129 e. The van der Waals surface area contributed by atoms with Crippen molar-refractivity contribution in [3.8, 4) is 16.3 Å².